The van der Waals surface area contributed by atoms with E-state index in [9.17, 15) is 18.0 Å². The standard InChI is InChI=1S/C20H24F3N5O/c1-13-3-5-14(6-4-13)15-11-17(20(21,22)23)28-18(24-15)12-16(25-28)19(29)27-9-7-26(2)8-10-27/h3-6,12,15,17,24H,7-11H2,1-2H3/p+1/t15-,17+/m1/s1. The first-order valence-corrected chi connectivity index (χ1v) is 9.82. The van der Waals surface area contributed by atoms with Crippen molar-refractivity contribution in [2.24, 2.45) is 0 Å². The van der Waals surface area contributed by atoms with E-state index in [1.807, 2.05) is 31.2 Å². The normalized spacial score (nSPS) is 22.9. The smallest absolute Gasteiger partial charge is 0.363 e. The third-order valence-corrected chi connectivity index (χ3v) is 5.79. The van der Waals surface area contributed by atoms with Gasteiger partial charge in [-0.2, -0.15) is 18.3 Å². The molecule has 2 aliphatic heterocycles. The van der Waals surface area contributed by atoms with Gasteiger partial charge in [0.2, 0.25) is 0 Å². The van der Waals surface area contributed by atoms with Gasteiger partial charge in [-0.3, -0.25) is 4.79 Å². The molecule has 4 rings (SSSR count). The Labute approximate surface area is 167 Å². The van der Waals surface area contributed by atoms with E-state index < -0.39 is 18.3 Å². The number of nitrogens with one attached hydrogen (secondary N) is 2. The number of rotatable bonds is 2. The first kappa shape index (κ1) is 19.8. The van der Waals surface area contributed by atoms with Crippen molar-refractivity contribution in [1.29, 1.82) is 0 Å². The Morgan fingerprint density at radius 1 is 1.21 bits per heavy atom. The zero-order valence-electron chi connectivity index (χ0n) is 16.5. The van der Waals surface area contributed by atoms with Crippen LogP contribution >= 0.6 is 0 Å². The van der Waals surface area contributed by atoms with Crippen LogP contribution in [0.2, 0.25) is 0 Å². The van der Waals surface area contributed by atoms with Crippen LogP contribution in [0.15, 0.2) is 30.3 Å². The number of alkyl halides is 3. The zero-order valence-corrected chi connectivity index (χ0v) is 16.5. The maximum atomic E-state index is 13.8. The number of nitrogens with zero attached hydrogens (tertiary/aromatic N) is 3. The lowest BCUT2D eigenvalue weighted by molar-refractivity contribution is -0.883. The van der Waals surface area contributed by atoms with E-state index in [-0.39, 0.29) is 23.8 Å². The summed E-state index contributed by atoms with van der Waals surface area (Å²) in [7, 11) is 2.06. The fourth-order valence-electron chi connectivity index (χ4n) is 3.95. The molecule has 0 spiro atoms. The van der Waals surface area contributed by atoms with Crippen molar-refractivity contribution in [2.75, 3.05) is 38.5 Å². The molecule has 0 saturated carbocycles. The number of benzene rings is 1. The van der Waals surface area contributed by atoms with E-state index >= 15 is 0 Å². The van der Waals surface area contributed by atoms with Gasteiger partial charge in [0.15, 0.2) is 11.7 Å². The molecule has 1 aromatic carbocycles. The lowest BCUT2D eigenvalue weighted by Gasteiger charge is -2.33. The zero-order chi connectivity index (χ0) is 20.8. The van der Waals surface area contributed by atoms with E-state index in [0.29, 0.717) is 13.1 Å². The van der Waals surface area contributed by atoms with Gasteiger partial charge in [-0.05, 0) is 12.5 Å². The molecule has 156 valence electrons. The maximum Gasteiger partial charge on any atom is 0.410 e. The third kappa shape index (κ3) is 3.96. The molecule has 3 heterocycles. The van der Waals surface area contributed by atoms with E-state index in [4.69, 9.17) is 0 Å². The second kappa shape index (κ2) is 7.37. The lowest BCUT2D eigenvalue weighted by atomic mass is 9.96. The van der Waals surface area contributed by atoms with Crippen LogP contribution < -0.4 is 10.2 Å². The second-order valence-electron chi connectivity index (χ2n) is 8.01. The number of likely N-dealkylation sites (N-methyl/N-ethyl adjacent to an activating group) is 1. The van der Waals surface area contributed by atoms with Crippen LogP contribution in [0.1, 0.15) is 40.1 Å². The number of hydrogen-bond donors (Lipinski definition) is 2. The van der Waals surface area contributed by atoms with Crippen LogP contribution in [0, 0.1) is 6.92 Å². The summed E-state index contributed by atoms with van der Waals surface area (Å²) in [6.07, 6.45) is -4.63. The minimum absolute atomic E-state index is 0.0610. The van der Waals surface area contributed by atoms with Crippen LogP contribution in [0.3, 0.4) is 0 Å². The molecular weight excluding hydrogens is 383 g/mol. The second-order valence-corrected chi connectivity index (χ2v) is 8.01. The molecule has 2 aliphatic rings. The summed E-state index contributed by atoms with van der Waals surface area (Å²) < 4.78 is 42.3. The number of halogens is 3. The van der Waals surface area contributed by atoms with E-state index in [1.54, 1.807) is 4.90 Å². The monoisotopic (exact) mass is 408 g/mol. The average molecular weight is 408 g/mol. The van der Waals surface area contributed by atoms with Crippen molar-refractivity contribution >= 4 is 11.7 Å². The molecule has 2 aromatic rings. The molecule has 0 bridgehead atoms. The highest BCUT2D eigenvalue weighted by Gasteiger charge is 2.47. The van der Waals surface area contributed by atoms with Gasteiger partial charge < -0.3 is 15.1 Å². The molecule has 1 amide bonds. The van der Waals surface area contributed by atoms with Gasteiger partial charge in [0, 0.05) is 12.5 Å². The Morgan fingerprint density at radius 3 is 2.48 bits per heavy atom. The molecule has 29 heavy (non-hydrogen) atoms. The molecule has 1 fully saturated rings. The molecule has 2 atom stereocenters. The molecule has 1 saturated heterocycles. The number of aryl methyl sites for hydroxylation is 1. The molecule has 6 nitrogen and oxygen atoms in total. The Balaban J connectivity index is 1.63. The highest BCUT2D eigenvalue weighted by Crippen LogP contribution is 2.43. The number of carbonyl (C=O) groups is 1. The van der Waals surface area contributed by atoms with Crippen LogP contribution in [-0.4, -0.2) is 60.0 Å². The molecule has 0 radical (unpaired) electrons. The van der Waals surface area contributed by atoms with Crippen LogP contribution in [0.5, 0.6) is 0 Å². The van der Waals surface area contributed by atoms with E-state index in [2.05, 4.69) is 17.5 Å². The van der Waals surface area contributed by atoms with Gasteiger partial charge in [-0.1, -0.05) is 29.8 Å². The fourth-order valence-corrected chi connectivity index (χ4v) is 3.95. The number of hydrogen-bond acceptors (Lipinski definition) is 3. The largest absolute Gasteiger partial charge is 0.410 e. The minimum Gasteiger partial charge on any atom is -0.363 e. The highest BCUT2D eigenvalue weighted by molar-refractivity contribution is 5.93. The highest BCUT2D eigenvalue weighted by atomic mass is 19.4. The Morgan fingerprint density at radius 2 is 1.86 bits per heavy atom. The Bertz CT molecular complexity index is 885. The van der Waals surface area contributed by atoms with Gasteiger partial charge in [-0.15, -0.1) is 0 Å². The Hall–Kier alpha value is -2.55. The van der Waals surface area contributed by atoms with Gasteiger partial charge in [0.25, 0.3) is 5.91 Å². The minimum atomic E-state index is -4.46. The summed E-state index contributed by atoms with van der Waals surface area (Å²) in [5, 5.41) is 7.22. The van der Waals surface area contributed by atoms with Crippen molar-refractivity contribution in [1.82, 2.24) is 14.7 Å². The number of piperazine rings is 1. The summed E-state index contributed by atoms with van der Waals surface area (Å²) in [6.45, 7) is 4.73. The van der Waals surface area contributed by atoms with Crippen molar-refractivity contribution in [3.63, 3.8) is 0 Å². The third-order valence-electron chi connectivity index (χ3n) is 5.79. The molecular formula is C20H25F3N5O+. The maximum absolute atomic E-state index is 13.8. The van der Waals surface area contributed by atoms with Crippen molar-refractivity contribution < 1.29 is 22.9 Å². The lowest BCUT2D eigenvalue weighted by Crippen LogP contribution is -3.12. The summed E-state index contributed by atoms with van der Waals surface area (Å²) in [5.74, 6) is -0.0822. The predicted octanol–water partition coefficient (Wildman–Crippen LogP) is 1.82. The quantitative estimate of drug-likeness (QED) is 0.797. The van der Waals surface area contributed by atoms with Gasteiger partial charge in [0.05, 0.1) is 39.3 Å². The van der Waals surface area contributed by atoms with Gasteiger partial charge in [0.1, 0.15) is 5.82 Å². The summed E-state index contributed by atoms with van der Waals surface area (Å²) in [4.78, 5) is 15.8. The molecule has 9 heteroatoms. The number of amides is 1. The molecule has 0 unspecified atom stereocenters. The van der Waals surface area contributed by atoms with Crippen molar-refractivity contribution in [3.05, 3.63) is 47.2 Å². The van der Waals surface area contributed by atoms with E-state index in [0.717, 1.165) is 28.9 Å². The number of quaternary nitrogens is 1. The van der Waals surface area contributed by atoms with E-state index in [1.165, 1.54) is 11.0 Å². The van der Waals surface area contributed by atoms with Crippen molar-refractivity contribution in [3.8, 4) is 0 Å². The first-order chi connectivity index (χ1) is 13.7. The fraction of sp³-hybridized carbons (Fsp3) is 0.500. The number of aromatic nitrogens is 2. The van der Waals surface area contributed by atoms with Crippen LogP contribution in [-0.2, 0) is 0 Å². The number of anilines is 1. The summed E-state index contributed by atoms with van der Waals surface area (Å²) in [6, 6.07) is 6.62. The molecule has 2 N–H and O–H groups in total. The van der Waals surface area contributed by atoms with Crippen molar-refractivity contribution in [2.45, 2.75) is 31.6 Å². The van der Waals surface area contributed by atoms with Gasteiger partial charge in [-0.25, -0.2) is 4.68 Å². The summed E-state index contributed by atoms with van der Waals surface area (Å²) in [5.41, 5.74) is 1.89. The molecule has 0 aliphatic carbocycles. The SMILES string of the molecule is Cc1ccc([C@H]2C[C@@H](C(F)(F)F)n3nc(C(=O)N4CC[NH+](C)CC4)cc3N2)cc1. The van der Waals surface area contributed by atoms with Crippen LogP contribution in [0.25, 0.3) is 0 Å². The van der Waals surface area contributed by atoms with Crippen LogP contribution in [0.4, 0.5) is 19.0 Å². The number of carbonyl (C=O) groups excluding carboxylic acids is 1. The molecule has 1 aromatic heterocycles. The summed E-state index contributed by atoms with van der Waals surface area (Å²) >= 11 is 0. The Kier molecular flexibility index (Phi) is 5.02. The number of fused-ring (bicyclic) bond motifs is 1. The first-order valence-electron chi connectivity index (χ1n) is 9.82. The van der Waals surface area contributed by atoms with Gasteiger partial charge >= 0.3 is 6.18 Å². The topological polar surface area (TPSA) is 54.6 Å². The predicted molar refractivity (Wildman–Crippen MR) is 102 cm³/mol. The average Bonchev–Trinajstić information content (AvgIpc) is 3.11.